The molecule has 0 aromatic carbocycles. The number of hydrogen-bond acceptors (Lipinski definition) is 4. The Bertz CT molecular complexity index is 295. The second kappa shape index (κ2) is 5.58. The number of aromatic nitrogens is 1. The molecule has 0 bridgehead atoms. The van der Waals surface area contributed by atoms with Crippen molar-refractivity contribution in [2.45, 2.75) is 33.1 Å². The van der Waals surface area contributed by atoms with Gasteiger partial charge in [-0.3, -0.25) is 0 Å². The molecular weight excluding hydrogens is 208 g/mol. The Labute approximate surface area is 95.3 Å². The Kier molecular flexibility index (Phi) is 4.70. The third-order valence-corrected chi connectivity index (χ3v) is 3.71. The molecule has 0 saturated heterocycles. The monoisotopic (exact) mass is 228 g/mol. The van der Waals surface area contributed by atoms with Crippen LogP contribution in [0.1, 0.15) is 30.5 Å². The lowest BCUT2D eigenvalue weighted by molar-refractivity contribution is 0.121. The summed E-state index contributed by atoms with van der Waals surface area (Å²) >= 11 is 1.66. The Hall–Kier alpha value is -0.450. The van der Waals surface area contributed by atoms with Crippen LogP contribution < -0.4 is 5.73 Å². The maximum atomic E-state index is 9.47. The molecule has 0 aliphatic rings. The molecule has 86 valence electrons. The molecule has 0 fully saturated rings. The lowest BCUT2D eigenvalue weighted by atomic mass is 9.81. The number of thiazole rings is 1. The fourth-order valence-corrected chi connectivity index (χ4v) is 2.74. The molecule has 3 nitrogen and oxygen atoms in total. The summed E-state index contributed by atoms with van der Waals surface area (Å²) in [5.74, 6) is 0. The zero-order chi connectivity index (χ0) is 11.3. The molecule has 0 amide bonds. The molecule has 3 N–H and O–H groups in total. The highest BCUT2D eigenvalue weighted by Crippen LogP contribution is 2.28. The molecule has 4 heteroatoms. The zero-order valence-corrected chi connectivity index (χ0v) is 10.3. The second-order valence-electron chi connectivity index (χ2n) is 4.17. The molecule has 1 atom stereocenters. The normalized spacial score (nSPS) is 15.2. The van der Waals surface area contributed by atoms with Crippen molar-refractivity contribution in [3.63, 3.8) is 0 Å². The van der Waals surface area contributed by atoms with Crippen molar-refractivity contribution in [1.29, 1.82) is 0 Å². The molecule has 0 aliphatic heterocycles. The third-order valence-electron chi connectivity index (χ3n) is 2.74. The van der Waals surface area contributed by atoms with Gasteiger partial charge in [-0.2, -0.15) is 0 Å². The van der Waals surface area contributed by atoms with Gasteiger partial charge in [0, 0.05) is 29.5 Å². The molecule has 1 rings (SSSR count). The number of aliphatic hydroxyl groups is 1. The van der Waals surface area contributed by atoms with Gasteiger partial charge in [0.1, 0.15) is 0 Å². The van der Waals surface area contributed by atoms with Gasteiger partial charge in [-0.15, -0.1) is 11.3 Å². The Balaban J connectivity index is 2.73. The van der Waals surface area contributed by atoms with Crippen molar-refractivity contribution in [3.8, 4) is 0 Å². The molecular formula is C11H20N2OS. The fraction of sp³-hybridized carbons (Fsp3) is 0.727. The minimum atomic E-state index is -0.168. The van der Waals surface area contributed by atoms with Gasteiger partial charge in [0.15, 0.2) is 0 Å². The van der Waals surface area contributed by atoms with Gasteiger partial charge in [0.2, 0.25) is 0 Å². The SMILES string of the molecule is CCCC(CN)(CO)Cc1nc(C)cs1. The Morgan fingerprint density at radius 1 is 1.60 bits per heavy atom. The number of rotatable bonds is 6. The van der Waals surface area contributed by atoms with Gasteiger partial charge in [0.05, 0.1) is 11.6 Å². The number of nitrogens with zero attached hydrogens (tertiary/aromatic N) is 1. The Morgan fingerprint density at radius 2 is 2.33 bits per heavy atom. The van der Waals surface area contributed by atoms with E-state index in [1.54, 1.807) is 11.3 Å². The highest BCUT2D eigenvalue weighted by atomic mass is 32.1. The lowest BCUT2D eigenvalue weighted by Gasteiger charge is -2.29. The molecule has 0 radical (unpaired) electrons. The van der Waals surface area contributed by atoms with Gasteiger partial charge in [0.25, 0.3) is 0 Å². The van der Waals surface area contributed by atoms with Crippen molar-refractivity contribution in [3.05, 3.63) is 16.1 Å². The average molecular weight is 228 g/mol. The fourth-order valence-electron chi connectivity index (χ4n) is 1.80. The first-order valence-corrected chi connectivity index (χ1v) is 6.25. The molecule has 0 aliphatic carbocycles. The van der Waals surface area contributed by atoms with E-state index in [2.05, 4.69) is 11.9 Å². The van der Waals surface area contributed by atoms with Crippen LogP contribution in [0.4, 0.5) is 0 Å². The van der Waals surface area contributed by atoms with E-state index in [0.29, 0.717) is 6.54 Å². The predicted octanol–water partition coefficient (Wildman–Crippen LogP) is 1.73. The van der Waals surface area contributed by atoms with E-state index in [0.717, 1.165) is 30.0 Å². The summed E-state index contributed by atoms with van der Waals surface area (Å²) in [6, 6.07) is 0. The van der Waals surface area contributed by atoms with Crippen LogP contribution in [0.2, 0.25) is 0 Å². The highest BCUT2D eigenvalue weighted by Gasteiger charge is 2.28. The summed E-state index contributed by atoms with van der Waals surface area (Å²) in [5.41, 5.74) is 6.66. The highest BCUT2D eigenvalue weighted by molar-refractivity contribution is 7.09. The molecule has 0 spiro atoms. The molecule has 1 unspecified atom stereocenters. The van der Waals surface area contributed by atoms with Crippen molar-refractivity contribution in [2.24, 2.45) is 11.1 Å². The first-order chi connectivity index (χ1) is 7.15. The maximum Gasteiger partial charge on any atom is 0.0935 e. The number of hydrogen-bond donors (Lipinski definition) is 2. The summed E-state index contributed by atoms with van der Waals surface area (Å²) in [6.07, 6.45) is 2.80. The van der Waals surface area contributed by atoms with Gasteiger partial charge >= 0.3 is 0 Å². The van der Waals surface area contributed by atoms with Crippen LogP contribution in [-0.2, 0) is 6.42 Å². The van der Waals surface area contributed by atoms with Crippen LogP contribution >= 0.6 is 11.3 Å². The minimum absolute atomic E-state index is 0.149. The van der Waals surface area contributed by atoms with Crippen molar-refractivity contribution >= 4 is 11.3 Å². The summed E-state index contributed by atoms with van der Waals surface area (Å²) in [4.78, 5) is 4.43. The zero-order valence-electron chi connectivity index (χ0n) is 9.49. The van der Waals surface area contributed by atoms with Gasteiger partial charge < -0.3 is 10.8 Å². The van der Waals surface area contributed by atoms with E-state index in [1.165, 1.54) is 0 Å². The largest absolute Gasteiger partial charge is 0.396 e. The maximum absolute atomic E-state index is 9.47. The topological polar surface area (TPSA) is 59.1 Å². The van der Waals surface area contributed by atoms with Crippen LogP contribution in [0.15, 0.2) is 5.38 Å². The van der Waals surface area contributed by atoms with Crippen molar-refractivity contribution in [1.82, 2.24) is 4.98 Å². The lowest BCUT2D eigenvalue weighted by Crippen LogP contribution is -2.36. The van der Waals surface area contributed by atoms with E-state index < -0.39 is 0 Å². The van der Waals surface area contributed by atoms with E-state index >= 15 is 0 Å². The van der Waals surface area contributed by atoms with Crippen LogP contribution in [0.5, 0.6) is 0 Å². The minimum Gasteiger partial charge on any atom is -0.396 e. The molecule has 1 aromatic heterocycles. The summed E-state index contributed by atoms with van der Waals surface area (Å²) in [5, 5.41) is 12.6. The summed E-state index contributed by atoms with van der Waals surface area (Å²) in [7, 11) is 0. The van der Waals surface area contributed by atoms with Crippen LogP contribution in [-0.4, -0.2) is 23.2 Å². The van der Waals surface area contributed by atoms with Gasteiger partial charge in [-0.25, -0.2) is 4.98 Å². The van der Waals surface area contributed by atoms with Crippen LogP contribution in [0.25, 0.3) is 0 Å². The van der Waals surface area contributed by atoms with E-state index in [9.17, 15) is 5.11 Å². The summed E-state index contributed by atoms with van der Waals surface area (Å²) in [6.45, 7) is 4.78. The van der Waals surface area contributed by atoms with Gasteiger partial charge in [-0.05, 0) is 13.3 Å². The van der Waals surface area contributed by atoms with E-state index in [-0.39, 0.29) is 12.0 Å². The molecule has 1 heterocycles. The molecule has 1 aromatic rings. The average Bonchev–Trinajstić information content (AvgIpc) is 2.63. The van der Waals surface area contributed by atoms with Crippen LogP contribution in [0.3, 0.4) is 0 Å². The van der Waals surface area contributed by atoms with Gasteiger partial charge in [-0.1, -0.05) is 13.3 Å². The quantitative estimate of drug-likeness (QED) is 0.779. The van der Waals surface area contributed by atoms with E-state index in [1.807, 2.05) is 12.3 Å². The van der Waals surface area contributed by atoms with E-state index in [4.69, 9.17) is 5.73 Å². The standard InChI is InChI=1S/C11H20N2OS/c1-3-4-11(7-12,8-14)5-10-13-9(2)6-15-10/h6,14H,3-5,7-8,12H2,1-2H3. The third kappa shape index (κ3) is 3.26. The number of nitrogens with two attached hydrogens (primary N) is 1. The molecule has 0 saturated carbocycles. The Morgan fingerprint density at radius 3 is 2.73 bits per heavy atom. The van der Waals surface area contributed by atoms with Crippen LogP contribution in [0, 0.1) is 12.3 Å². The first kappa shape index (κ1) is 12.6. The van der Waals surface area contributed by atoms with Crippen molar-refractivity contribution < 1.29 is 5.11 Å². The smallest absolute Gasteiger partial charge is 0.0935 e. The second-order valence-corrected chi connectivity index (χ2v) is 5.11. The van der Waals surface area contributed by atoms with Crippen molar-refractivity contribution in [2.75, 3.05) is 13.2 Å². The first-order valence-electron chi connectivity index (χ1n) is 5.38. The number of aryl methyl sites for hydroxylation is 1. The predicted molar refractivity (Wildman–Crippen MR) is 64.0 cm³/mol. The molecule has 15 heavy (non-hydrogen) atoms. The number of aliphatic hydroxyl groups excluding tert-OH is 1. The summed E-state index contributed by atoms with van der Waals surface area (Å²) < 4.78 is 0.